The predicted molar refractivity (Wildman–Crippen MR) is 46.9 cm³/mol. The second-order valence-electron chi connectivity index (χ2n) is 3.54. The molecule has 1 fully saturated rings. The second-order valence-corrected chi connectivity index (χ2v) is 3.54. The maximum Gasteiger partial charge on any atom is 0.307 e. The Morgan fingerprint density at radius 2 is 2.17 bits per heavy atom. The van der Waals surface area contributed by atoms with Crippen molar-refractivity contribution >= 4 is 5.97 Å². The average molecular weight is 171 g/mol. The van der Waals surface area contributed by atoms with Crippen molar-refractivity contribution < 1.29 is 9.53 Å². The van der Waals surface area contributed by atoms with Gasteiger partial charge in [-0.05, 0) is 33.4 Å². The number of esters is 1. The van der Waals surface area contributed by atoms with Crippen LogP contribution in [-0.2, 0) is 9.53 Å². The van der Waals surface area contributed by atoms with Crippen LogP contribution in [0, 0.1) is 0 Å². The number of ether oxygens (including phenoxy) is 1. The lowest BCUT2D eigenvalue weighted by Crippen LogP contribution is -2.32. The molecule has 0 saturated carbocycles. The van der Waals surface area contributed by atoms with Gasteiger partial charge in [-0.2, -0.15) is 0 Å². The van der Waals surface area contributed by atoms with Crippen LogP contribution in [0.3, 0.4) is 0 Å². The van der Waals surface area contributed by atoms with Crippen LogP contribution in [0.15, 0.2) is 0 Å². The average Bonchev–Trinajstić information content (AvgIpc) is 1.95. The highest BCUT2D eigenvalue weighted by molar-refractivity contribution is 5.70. The van der Waals surface area contributed by atoms with Crippen molar-refractivity contribution in [2.45, 2.75) is 31.7 Å². The Labute approximate surface area is 73.7 Å². The van der Waals surface area contributed by atoms with Crippen LogP contribution in [0.25, 0.3) is 0 Å². The summed E-state index contributed by atoms with van der Waals surface area (Å²) in [6.07, 6.45) is 3.83. The van der Waals surface area contributed by atoms with Crippen LogP contribution in [0.4, 0.5) is 0 Å². The van der Waals surface area contributed by atoms with E-state index in [4.69, 9.17) is 4.74 Å². The Bertz CT molecular complexity index is 157. The van der Waals surface area contributed by atoms with Gasteiger partial charge < -0.3 is 9.64 Å². The zero-order valence-electron chi connectivity index (χ0n) is 7.88. The Hall–Kier alpha value is -0.570. The van der Waals surface area contributed by atoms with Crippen molar-refractivity contribution in [1.82, 2.24) is 4.90 Å². The third-order valence-electron chi connectivity index (χ3n) is 2.33. The van der Waals surface area contributed by atoms with E-state index in [9.17, 15) is 4.79 Å². The largest absolute Gasteiger partial charge is 0.466 e. The summed E-state index contributed by atoms with van der Waals surface area (Å²) in [6.45, 7) is 0.610. The van der Waals surface area contributed by atoms with E-state index in [0.29, 0.717) is 19.1 Å². The van der Waals surface area contributed by atoms with E-state index in [1.165, 1.54) is 0 Å². The van der Waals surface area contributed by atoms with E-state index in [1.54, 1.807) is 0 Å². The van der Waals surface area contributed by atoms with Gasteiger partial charge in [-0.15, -0.1) is 0 Å². The first kappa shape index (κ1) is 9.52. The smallest absolute Gasteiger partial charge is 0.307 e. The SMILES string of the molecule is CN(C)C1CCCCOC(=O)C1. The minimum absolute atomic E-state index is 0.0478. The van der Waals surface area contributed by atoms with Crippen molar-refractivity contribution in [2.75, 3.05) is 20.7 Å². The molecule has 1 rings (SSSR count). The number of cyclic esters (lactones) is 1. The molecule has 0 spiro atoms. The molecule has 0 aromatic rings. The van der Waals surface area contributed by atoms with Crippen molar-refractivity contribution in [3.8, 4) is 0 Å². The van der Waals surface area contributed by atoms with Gasteiger partial charge in [0.15, 0.2) is 0 Å². The normalized spacial score (nSPS) is 26.2. The summed E-state index contributed by atoms with van der Waals surface area (Å²) in [5.41, 5.74) is 0. The van der Waals surface area contributed by atoms with Gasteiger partial charge in [-0.1, -0.05) is 0 Å². The minimum atomic E-state index is -0.0478. The topological polar surface area (TPSA) is 29.5 Å². The molecule has 1 aliphatic heterocycles. The fourth-order valence-corrected chi connectivity index (χ4v) is 1.46. The van der Waals surface area contributed by atoms with E-state index in [1.807, 2.05) is 14.1 Å². The predicted octanol–water partition coefficient (Wildman–Crippen LogP) is 1.03. The summed E-state index contributed by atoms with van der Waals surface area (Å²) in [5.74, 6) is -0.0478. The molecule has 0 aliphatic carbocycles. The van der Waals surface area contributed by atoms with Crippen LogP contribution >= 0.6 is 0 Å². The third-order valence-corrected chi connectivity index (χ3v) is 2.33. The van der Waals surface area contributed by atoms with Gasteiger partial charge in [0.05, 0.1) is 13.0 Å². The fourth-order valence-electron chi connectivity index (χ4n) is 1.46. The highest BCUT2D eigenvalue weighted by Crippen LogP contribution is 2.13. The molecular formula is C9H17NO2. The van der Waals surface area contributed by atoms with Crippen molar-refractivity contribution in [3.63, 3.8) is 0 Å². The first-order chi connectivity index (χ1) is 5.70. The summed E-state index contributed by atoms with van der Waals surface area (Å²) >= 11 is 0. The zero-order valence-corrected chi connectivity index (χ0v) is 7.88. The number of hydrogen-bond acceptors (Lipinski definition) is 3. The molecule has 12 heavy (non-hydrogen) atoms. The molecule has 1 saturated heterocycles. The molecule has 0 bridgehead atoms. The first-order valence-corrected chi connectivity index (χ1v) is 4.52. The Morgan fingerprint density at radius 1 is 1.42 bits per heavy atom. The molecule has 3 heteroatoms. The molecule has 0 aromatic carbocycles. The highest BCUT2D eigenvalue weighted by atomic mass is 16.5. The summed E-state index contributed by atoms with van der Waals surface area (Å²) in [5, 5.41) is 0. The van der Waals surface area contributed by atoms with Gasteiger partial charge >= 0.3 is 5.97 Å². The maximum atomic E-state index is 11.1. The summed E-state index contributed by atoms with van der Waals surface area (Å²) in [6, 6.07) is 0.373. The minimum Gasteiger partial charge on any atom is -0.466 e. The zero-order chi connectivity index (χ0) is 8.97. The van der Waals surface area contributed by atoms with Crippen LogP contribution in [0.1, 0.15) is 25.7 Å². The van der Waals surface area contributed by atoms with E-state index in [2.05, 4.69) is 4.90 Å². The molecule has 1 heterocycles. The van der Waals surface area contributed by atoms with Gasteiger partial charge in [0.25, 0.3) is 0 Å². The van der Waals surface area contributed by atoms with Crippen LogP contribution in [0.5, 0.6) is 0 Å². The molecule has 1 unspecified atom stereocenters. The third kappa shape index (κ3) is 2.81. The molecule has 1 aliphatic rings. The van der Waals surface area contributed by atoms with E-state index >= 15 is 0 Å². The van der Waals surface area contributed by atoms with Crippen LogP contribution in [-0.4, -0.2) is 37.6 Å². The first-order valence-electron chi connectivity index (χ1n) is 4.52. The molecular weight excluding hydrogens is 154 g/mol. The Balaban J connectivity index is 2.43. The number of nitrogens with zero attached hydrogens (tertiary/aromatic N) is 1. The maximum absolute atomic E-state index is 11.1. The summed E-state index contributed by atoms with van der Waals surface area (Å²) < 4.78 is 5.00. The fraction of sp³-hybridized carbons (Fsp3) is 0.889. The standard InChI is InChI=1S/C9H17NO2/c1-10(2)8-5-3-4-6-12-9(11)7-8/h8H,3-7H2,1-2H3. The van der Waals surface area contributed by atoms with Crippen molar-refractivity contribution in [3.05, 3.63) is 0 Å². The van der Waals surface area contributed by atoms with E-state index in [0.717, 1.165) is 19.3 Å². The monoisotopic (exact) mass is 171 g/mol. The van der Waals surface area contributed by atoms with Gasteiger partial charge in [0, 0.05) is 6.04 Å². The number of rotatable bonds is 1. The molecule has 70 valence electrons. The summed E-state index contributed by atoms with van der Waals surface area (Å²) in [7, 11) is 4.03. The lowest BCUT2D eigenvalue weighted by molar-refractivity contribution is -0.145. The van der Waals surface area contributed by atoms with Crippen molar-refractivity contribution in [2.24, 2.45) is 0 Å². The lowest BCUT2D eigenvalue weighted by atomic mass is 10.0. The van der Waals surface area contributed by atoms with Crippen LogP contribution in [0.2, 0.25) is 0 Å². The molecule has 3 nitrogen and oxygen atoms in total. The van der Waals surface area contributed by atoms with Gasteiger partial charge in [0.2, 0.25) is 0 Å². The molecule has 1 atom stereocenters. The Morgan fingerprint density at radius 3 is 2.83 bits per heavy atom. The van der Waals surface area contributed by atoms with Gasteiger partial charge in [-0.3, -0.25) is 4.79 Å². The number of carbonyl (C=O) groups is 1. The summed E-state index contributed by atoms with van der Waals surface area (Å²) in [4.78, 5) is 13.2. The van der Waals surface area contributed by atoms with E-state index in [-0.39, 0.29) is 5.97 Å². The van der Waals surface area contributed by atoms with Crippen LogP contribution < -0.4 is 0 Å². The number of hydrogen-bond donors (Lipinski definition) is 0. The van der Waals surface area contributed by atoms with Crippen molar-refractivity contribution in [1.29, 1.82) is 0 Å². The molecule has 0 radical (unpaired) electrons. The molecule has 0 amide bonds. The van der Waals surface area contributed by atoms with Gasteiger partial charge in [0.1, 0.15) is 0 Å². The van der Waals surface area contributed by atoms with E-state index < -0.39 is 0 Å². The number of carbonyl (C=O) groups excluding carboxylic acids is 1. The Kier molecular flexibility index (Phi) is 3.53. The lowest BCUT2D eigenvalue weighted by Gasteiger charge is -2.25. The quantitative estimate of drug-likeness (QED) is 0.552. The molecule has 0 N–H and O–H groups in total. The van der Waals surface area contributed by atoms with Gasteiger partial charge in [-0.25, -0.2) is 0 Å². The second kappa shape index (κ2) is 4.45. The highest BCUT2D eigenvalue weighted by Gasteiger charge is 2.18. The molecule has 0 aromatic heterocycles.